The van der Waals surface area contributed by atoms with Crippen LogP contribution in [0.3, 0.4) is 0 Å². The fourth-order valence-electron chi connectivity index (χ4n) is 1.61. The van der Waals surface area contributed by atoms with E-state index in [0.29, 0.717) is 15.8 Å². The van der Waals surface area contributed by atoms with E-state index in [1.807, 2.05) is 0 Å². The van der Waals surface area contributed by atoms with Crippen LogP contribution in [-0.4, -0.2) is 10.0 Å². The van der Waals surface area contributed by atoms with Gasteiger partial charge in [0.25, 0.3) is 5.69 Å². The third kappa shape index (κ3) is 4.04. The number of rotatable bonds is 3. The SMILES string of the molecule is Nc1ccc(NC(=S)Nc2ccc(Cl)cc2)cc1[N+](=O)[O-]. The maximum absolute atomic E-state index is 10.8. The minimum atomic E-state index is -0.545. The fourth-order valence-corrected chi connectivity index (χ4v) is 1.97. The Hall–Kier alpha value is -2.38. The molecule has 4 N–H and O–H groups in total. The second-order valence-corrected chi connectivity index (χ2v) is 4.96. The molecule has 0 radical (unpaired) electrons. The molecule has 0 aliphatic rings. The third-order valence-corrected chi connectivity index (χ3v) is 3.04. The van der Waals surface area contributed by atoms with Crippen LogP contribution in [0.1, 0.15) is 0 Å². The van der Waals surface area contributed by atoms with E-state index in [9.17, 15) is 10.1 Å². The minimum absolute atomic E-state index is 0.0992. The third-order valence-electron chi connectivity index (χ3n) is 2.59. The zero-order valence-corrected chi connectivity index (χ0v) is 12.2. The van der Waals surface area contributed by atoms with Crippen molar-refractivity contribution in [2.24, 2.45) is 0 Å². The maximum Gasteiger partial charge on any atom is 0.294 e. The lowest BCUT2D eigenvalue weighted by Gasteiger charge is -2.11. The summed E-state index contributed by atoms with van der Waals surface area (Å²) in [6.07, 6.45) is 0. The van der Waals surface area contributed by atoms with Gasteiger partial charge in [0.1, 0.15) is 5.69 Å². The first-order valence-corrected chi connectivity index (χ1v) is 6.62. The molecule has 0 amide bonds. The Kier molecular flexibility index (Phi) is 4.56. The van der Waals surface area contributed by atoms with Gasteiger partial charge in [-0.2, -0.15) is 0 Å². The smallest absolute Gasteiger partial charge is 0.294 e. The summed E-state index contributed by atoms with van der Waals surface area (Å²) in [6, 6.07) is 11.4. The van der Waals surface area contributed by atoms with Gasteiger partial charge in [0.15, 0.2) is 5.11 Å². The van der Waals surface area contributed by atoms with Crippen molar-refractivity contribution in [1.82, 2.24) is 0 Å². The van der Waals surface area contributed by atoms with Crippen LogP contribution in [0.2, 0.25) is 5.02 Å². The number of thiocarbonyl (C=S) groups is 1. The second-order valence-electron chi connectivity index (χ2n) is 4.12. The van der Waals surface area contributed by atoms with E-state index in [1.165, 1.54) is 12.1 Å². The lowest BCUT2D eigenvalue weighted by Crippen LogP contribution is -2.19. The summed E-state index contributed by atoms with van der Waals surface area (Å²) in [5, 5.41) is 17.5. The molecule has 0 spiro atoms. The van der Waals surface area contributed by atoms with Gasteiger partial charge in [0.2, 0.25) is 0 Å². The summed E-state index contributed by atoms with van der Waals surface area (Å²) in [5.41, 5.74) is 6.68. The lowest BCUT2D eigenvalue weighted by molar-refractivity contribution is -0.383. The topological polar surface area (TPSA) is 93.2 Å². The highest BCUT2D eigenvalue weighted by Crippen LogP contribution is 2.25. The van der Waals surface area contributed by atoms with Crippen LogP contribution in [0, 0.1) is 10.1 Å². The first-order chi connectivity index (χ1) is 9.95. The molecule has 0 fully saturated rings. The number of nitrogens with two attached hydrogens (primary N) is 1. The van der Waals surface area contributed by atoms with Crippen LogP contribution >= 0.6 is 23.8 Å². The number of nitrogens with zero attached hydrogens (tertiary/aromatic N) is 1. The van der Waals surface area contributed by atoms with E-state index in [0.717, 1.165) is 5.69 Å². The molecule has 108 valence electrons. The molecule has 0 saturated carbocycles. The molecule has 0 heterocycles. The largest absolute Gasteiger partial charge is 0.393 e. The Morgan fingerprint density at radius 3 is 2.33 bits per heavy atom. The van der Waals surface area contributed by atoms with Crippen molar-refractivity contribution < 1.29 is 4.92 Å². The van der Waals surface area contributed by atoms with Gasteiger partial charge in [0, 0.05) is 22.5 Å². The van der Waals surface area contributed by atoms with Crippen LogP contribution < -0.4 is 16.4 Å². The average molecular weight is 323 g/mol. The van der Waals surface area contributed by atoms with Crippen molar-refractivity contribution in [3.63, 3.8) is 0 Å². The van der Waals surface area contributed by atoms with Crippen LogP contribution in [0.4, 0.5) is 22.7 Å². The molecule has 0 aliphatic carbocycles. The first kappa shape index (κ1) is 15.0. The van der Waals surface area contributed by atoms with Crippen molar-refractivity contribution in [3.8, 4) is 0 Å². The van der Waals surface area contributed by atoms with Crippen LogP contribution in [0.5, 0.6) is 0 Å². The number of halogens is 1. The van der Waals surface area contributed by atoms with Gasteiger partial charge in [-0.05, 0) is 48.6 Å². The summed E-state index contributed by atoms with van der Waals surface area (Å²) in [7, 11) is 0. The molecule has 21 heavy (non-hydrogen) atoms. The van der Waals surface area contributed by atoms with Gasteiger partial charge in [0.05, 0.1) is 4.92 Å². The van der Waals surface area contributed by atoms with E-state index >= 15 is 0 Å². The molecule has 8 heteroatoms. The summed E-state index contributed by atoms with van der Waals surface area (Å²) < 4.78 is 0. The van der Waals surface area contributed by atoms with E-state index in [4.69, 9.17) is 29.6 Å². The maximum atomic E-state index is 10.8. The zero-order chi connectivity index (χ0) is 15.4. The van der Waals surface area contributed by atoms with E-state index < -0.39 is 4.92 Å². The van der Waals surface area contributed by atoms with Crippen molar-refractivity contribution in [1.29, 1.82) is 0 Å². The Morgan fingerprint density at radius 1 is 1.14 bits per heavy atom. The molecule has 0 aliphatic heterocycles. The van der Waals surface area contributed by atoms with Crippen molar-refractivity contribution in [2.45, 2.75) is 0 Å². The van der Waals surface area contributed by atoms with Crippen molar-refractivity contribution in [2.75, 3.05) is 16.4 Å². The molecule has 0 saturated heterocycles. The van der Waals surface area contributed by atoms with Gasteiger partial charge in [-0.15, -0.1) is 0 Å². The van der Waals surface area contributed by atoms with Crippen molar-refractivity contribution in [3.05, 3.63) is 57.6 Å². The predicted octanol–water partition coefficient (Wildman–Crippen LogP) is 3.64. The highest BCUT2D eigenvalue weighted by Gasteiger charge is 2.12. The molecule has 6 nitrogen and oxygen atoms in total. The number of nitro benzene ring substituents is 1. The Labute approximate surface area is 131 Å². The lowest BCUT2D eigenvalue weighted by atomic mass is 10.2. The number of nitro groups is 1. The molecule has 0 atom stereocenters. The summed E-state index contributed by atoms with van der Waals surface area (Å²) in [5.74, 6) is 0. The standard InChI is InChI=1S/C13H11ClN4O2S/c14-8-1-3-9(4-2-8)16-13(21)17-10-5-6-11(15)12(7-10)18(19)20/h1-7H,15H2,(H2,16,17,21). The highest BCUT2D eigenvalue weighted by molar-refractivity contribution is 7.80. The van der Waals surface area contributed by atoms with Crippen LogP contribution in [-0.2, 0) is 0 Å². The zero-order valence-electron chi connectivity index (χ0n) is 10.7. The van der Waals surface area contributed by atoms with Crippen molar-refractivity contribution >= 4 is 51.7 Å². The van der Waals surface area contributed by atoms with E-state index in [2.05, 4.69) is 10.6 Å². The summed E-state index contributed by atoms with van der Waals surface area (Å²) in [4.78, 5) is 10.3. The molecule has 2 aromatic rings. The number of hydrogen-bond donors (Lipinski definition) is 3. The molecule has 2 aromatic carbocycles. The van der Waals surface area contributed by atoms with E-state index in [-0.39, 0.29) is 11.4 Å². The Bertz CT molecular complexity index is 691. The van der Waals surface area contributed by atoms with Gasteiger partial charge < -0.3 is 16.4 Å². The first-order valence-electron chi connectivity index (χ1n) is 5.83. The number of nitrogens with one attached hydrogen (secondary N) is 2. The minimum Gasteiger partial charge on any atom is -0.393 e. The normalized spacial score (nSPS) is 9.95. The van der Waals surface area contributed by atoms with E-state index in [1.54, 1.807) is 30.3 Å². The van der Waals surface area contributed by atoms with Gasteiger partial charge in [-0.1, -0.05) is 11.6 Å². The Balaban J connectivity index is 2.07. The quantitative estimate of drug-likeness (QED) is 0.346. The molecule has 2 rings (SSSR count). The number of anilines is 3. The molecular weight excluding hydrogens is 312 g/mol. The number of benzene rings is 2. The molecule has 0 bridgehead atoms. The fraction of sp³-hybridized carbons (Fsp3) is 0. The monoisotopic (exact) mass is 322 g/mol. The highest BCUT2D eigenvalue weighted by atomic mass is 35.5. The molecular formula is C13H11ClN4O2S. The van der Waals surface area contributed by atoms with Gasteiger partial charge in [-0.3, -0.25) is 10.1 Å². The summed E-state index contributed by atoms with van der Waals surface area (Å²) >= 11 is 10.9. The Morgan fingerprint density at radius 2 is 1.71 bits per heavy atom. The summed E-state index contributed by atoms with van der Waals surface area (Å²) in [6.45, 7) is 0. The average Bonchev–Trinajstić information content (AvgIpc) is 2.43. The second kappa shape index (κ2) is 6.38. The van der Waals surface area contributed by atoms with Crippen LogP contribution in [0.25, 0.3) is 0 Å². The van der Waals surface area contributed by atoms with Gasteiger partial charge >= 0.3 is 0 Å². The molecule has 0 aromatic heterocycles. The number of nitrogen functional groups attached to an aromatic ring is 1. The number of hydrogen-bond acceptors (Lipinski definition) is 4. The van der Waals surface area contributed by atoms with Crippen LogP contribution in [0.15, 0.2) is 42.5 Å². The predicted molar refractivity (Wildman–Crippen MR) is 88.8 cm³/mol. The van der Waals surface area contributed by atoms with Gasteiger partial charge in [-0.25, -0.2) is 0 Å². The molecule has 0 unspecified atom stereocenters.